The van der Waals surface area contributed by atoms with Crippen molar-refractivity contribution >= 4 is 23.2 Å². The average molecular weight is 546 g/mol. The van der Waals surface area contributed by atoms with E-state index in [1.807, 2.05) is 0 Å². The lowest BCUT2D eigenvalue weighted by Crippen LogP contribution is -2.60. The van der Waals surface area contributed by atoms with Gasteiger partial charge < -0.3 is 40.7 Å². The minimum absolute atomic E-state index is 0.0206. The Bertz CT molecular complexity index is 1650. The van der Waals surface area contributed by atoms with E-state index >= 15 is 0 Å². The van der Waals surface area contributed by atoms with Gasteiger partial charge in [-0.2, -0.15) is 0 Å². The minimum Gasteiger partial charge on any atom is -0.507 e. The molecule has 0 fully saturated rings. The lowest BCUT2D eigenvalue weighted by atomic mass is 9.64. The molecule has 0 saturated carbocycles. The maximum absolute atomic E-state index is 13.8. The molecule has 7 N–H and O–H groups in total. The van der Waals surface area contributed by atoms with E-state index in [1.165, 1.54) is 12.2 Å². The molecule has 2 aromatic carbocycles. The summed E-state index contributed by atoms with van der Waals surface area (Å²) in [5.74, 6) is 3.21. The van der Waals surface area contributed by atoms with Gasteiger partial charge in [0.2, 0.25) is 5.78 Å². The molecule has 204 valence electrons. The van der Waals surface area contributed by atoms with E-state index in [4.69, 9.17) is 0 Å². The number of hydrogen-bond acceptors (Lipinski definition) is 11. The van der Waals surface area contributed by atoms with Gasteiger partial charge in [0, 0.05) is 17.4 Å². The Morgan fingerprint density at radius 2 is 1.70 bits per heavy atom. The number of allylic oxidation sites excluding steroid dienone is 2. The van der Waals surface area contributed by atoms with E-state index in [-0.39, 0.29) is 27.9 Å². The standard InChI is InChI=1S/C29H23NO10/c1-29(39,27(37)28(38)40-2)22-14-7-5-3-4-6-8-15(31)18(22)13-11-17(33)20-21(23(13)30-14)26(36)19-12(24(20)34)9-10-16(32)25(19)35/h3-4,9-11,14-15,18,22,27,30-33,35,37,39H,1-2H3/b4-3-/t14-,15+,18?,22?,27?,29?/m0/s1. The third-order valence-electron chi connectivity index (χ3n) is 7.54. The van der Waals surface area contributed by atoms with Crippen molar-refractivity contribution in [1.29, 1.82) is 0 Å². The number of aromatic hydroxyl groups is 3. The molecule has 6 atom stereocenters. The molecule has 3 aliphatic rings. The van der Waals surface area contributed by atoms with Crippen LogP contribution in [0.5, 0.6) is 17.2 Å². The normalized spacial score (nSPS) is 25.1. The van der Waals surface area contributed by atoms with Crippen molar-refractivity contribution in [2.75, 3.05) is 12.4 Å². The number of phenols is 3. The third kappa shape index (κ3) is 3.80. The molecule has 5 rings (SSSR count). The number of ether oxygens (including phenoxy) is 1. The van der Waals surface area contributed by atoms with Gasteiger partial charge >= 0.3 is 5.97 Å². The Hall–Kier alpha value is -4.81. The first kappa shape index (κ1) is 26.8. The second-order valence-corrected chi connectivity index (χ2v) is 9.80. The number of phenolic OH excluding ortho intramolecular Hbond substituents is 3. The number of fused-ring (bicyclic) bond motifs is 7. The van der Waals surface area contributed by atoms with Gasteiger partial charge in [0.05, 0.1) is 35.5 Å². The van der Waals surface area contributed by atoms with Gasteiger partial charge in [-0.15, -0.1) is 0 Å². The van der Waals surface area contributed by atoms with Crippen LogP contribution in [-0.2, 0) is 9.53 Å². The molecule has 1 heterocycles. The van der Waals surface area contributed by atoms with E-state index in [2.05, 4.69) is 33.7 Å². The molecule has 40 heavy (non-hydrogen) atoms. The molecule has 0 spiro atoms. The summed E-state index contributed by atoms with van der Waals surface area (Å²) in [4.78, 5) is 39.5. The Kier molecular flexibility index (Phi) is 6.32. The zero-order chi connectivity index (χ0) is 29.1. The number of carbonyl (C=O) groups is 3. The predicted octanol–water partition coefficient (Wildman–Crippen LogP) is 0.295. The summed E-state index contributed by atoms with van der Waals surface area (Å²) in [5.41, 5.74) is -3.79. The van der Waals surface area contributed by atoms with Crippen LogP contribution in [0.15, 0.2) is 30.4 Å². The van der Waals surface area contributed by atoms with Crippen molar-refractivity contribution in [3.8, 4) is 40.9 Å². The number of benzene rings is 2. The highest BCUT2D eigenvalue weighted by Crippen LogP contribution is 2.52. The molecule has 0 saturated heterocycles. The first-order chi connectivity index (χ1) is 18.9. The van der Waals surface area contributed by atoms with E-state index < -0.39 is 76.0 Å². The smallest absolute Gasteiger partial charge is 0.337 e. The molecule has 0 aromatic heterocycles. The van der Waals surface area contributed by atoms with Crippen molar-refractivity contribution in [3.63, 3.8) is 0 Å². The number of aliphatic hydroxyl groups is 3. The molecule has 2 aliphatic carbocycles. The van der Waals surface area contributed by atoms with Crippen LogP contribution in [0.1, 0.15) is 50.2 Å². The summed E-state index contributed by atoms with van der Waals surface area (Å²) in [6.45, 7) is 1.15. The average Bonchev–Trinajstić information content (AvgIpc) is 2.92. The van der Waals surface area contributed by atoms with Crippen LogP contribution < -0.4 is 5.32 Å². The number of hydrogen-bond donors (Lipinski definition) is 7. The number of esters is 1. The van der Waals surface area contributed by atoms with Gasteiger partial charge in [-0.3, -0.25) is 9.59 Å². The van der Waals surface area contributed by atoms with Crippen molar-refractivity contribution in [1.82, 2.24) is 0 Å². The molecule has 4 unspecified atom stereocenters. The fraction of sp³-hybridized carbons (Fsp3) is 0.276. The second kappa shape index (κ2) is 9.43. The van der Waals surface area contributed by atoms with E-state index in [1.54, 1.807) is 0 Å². The van der Waals surface area contributed by atoms with E-state index in [0.29, 0.717) is 0 Å². The van der Waals surface area contributed by atoms with Crippen LogP contribution in [0, 0.1) is 29.6 Å². The van der Waals surface area contributed by atoms with Crippen LogP contribution in [0.2, 0.25) is 0 Å². The van der Waals surface area contributed by atoms with Gasteiger partial charge in [0.1, 0.15) is 17.5 Å². The fourth-order valence-electron chi connectivity index (χ4n) is 5.64. The molecule has 11 nitrogen and oxygen atoms in total. The summed E-state index contributed by atoms with van der Waals surface area (Å²) in [6, 6.07) is 2.16. The summed E-state index contributed by atoms with van der Waals surface area (Å²) in [5, 5.41) is 68.0. The molecule has 11 heteroatoms. The van der Waals surface area contributed by atoms with Crippen molar-refractivity contribution < 1.29 is 49.8 Å². The quantitative estimate of drug-likeness (QED) is 0.104. The Labute approximate surface area is 227 Å². The third-order valence-corrected chi connectivity index (χ3v) is 7.54. The molecular weight excluding hydrogens is 522 g/mol. The first-order valence-electron chi connectivity index (χ1n) is 12.1. The van der Waals surface area contributed by atoms with E-state index in [0.717, 1.165) is 32.2 Å². The molecule has 0 radical (unpaired) electrons. The summed E-state index contributed by atoms with van der Waals surface area (Å²) < 4.78 is 4.61. The number of methoxy groups -OCH3 is 1. The van der Waals surface area contributed by atoms with Crippen LogP contribution in [-0.4, -0.2) is 79.1 Å². The number of anilines is 1. The van der Waals surface area contributed by atoms with Crippen molar-refractivity contribution in [2.24, 2.45) is 5.92 Å². The molecule has 2 bridgehead atoms. The Morgan fingerprint density at radius 1 is 1.02 bits per heavy atom. The van der Waals surface area contributed by atoms with E-state index in [9.17, 15) is 45.0 Å². The Balaban J connectivity index is 1.82. The lowest BCUT2D eigenvalue weighted by Gasteiger charge is -2.48. The van der Waals surface area contributed by atoms with Crippen LogP contribution >= 0.6 is 0 Å². The number of nitrogens with one attached hydrogen (secondary N) is 1. The topological polar surface area (TPSA) is 194 Å². The summed E-state index contributed by atoms with van der Waals surface area (Å²) >= 11 is 0. The van der Waals surface area contributed by atoms with Crippen molar-refractivity contribution in [3.05, 3.63) is 58.2 Å². The largest absolute Gasteiger partial charge is 0.507 e. The summed E-state index contributed by atoms with van der Waals surface area (Å²) in [7, 11) is 1.02. The lowest BCUT2D eigenvalue weighted by molar-refractivity contribution is -0.174. The SMILES string of the molecule is COC(=O)C(O)C(C)(O)C1C2c3cc(O)c4c(c3N[C@H]1C#C/C=C\C#C[C@H]2O)C(=O)c1c(ccc(O)c1O)C4=O. The van der Waals surface area contributed by atoms with Gasteiger partial charge in [-0.05, 0) is 42.8 Å². The zero-order valence-corrected chi connectivity index (χ0v) is 21.1. The molecule has 2 aromatic rings. The van der Waals surface area contributed by atoms with Crippen molar-refractivity contribution in [2.45, 2.75) is 36.7 Å². The maximum Gasteiger partial charge on any atom is 0.337 e. The molecule has 1 aliphatic heterocycles. The number of rotatable bonds is 3. The number of ketones is 2. The fourth-order valence-corrected chi connectivity index (χ4v) is 5.64. The maximum atomic E-state index is 13.8. The minimum atomic E-state index is -2.31. The monoisotopic (exact) mass is 545 g/mol. The first-order valence-corrected chi connectivity index (χ1v) is 12.1. The van der Waals surface area contributed by atoms with Gasteiger partial charge in [0.25, 0.3) is 0 Å². The predicted molar refractivity (Wildman–Crippen MR) is 138 cm³/mol. The second-order valence-electron chi connectivity index (χ2n) is 9.80. The molecular formula is C29H23NO10. The van der Waals surface area contributed by atoms with Gasteiger partial charge in [0.15, 0.2) is 23.4 Å². The number of carbonyl (C=O) groups excluding carboxylic acids is 3. The summed E-state index contributed by atoms with van der Waals surface area (Å²) in [6.07, 6.45) is -0.936. The Morgan fingerprint density at radius 3 is 2.38 bits per heavy atom. The van der Waals surface area contributed by atoms with Gasteiger partial charge in [-0.1, -0.05) is 23.7 Å². The van der Waals surface area contributed by atoms with Crippen LogP contribution in [0.4, 0.5) is 5.69 Å². The number of aliphatic hydroxyl groups excluding tert-OH is 2. The highest BCUT2D eigenvalue weighted by molar-refractivity contribution is 6.32. The van der Waals surface area contributed by atoms with Crippen LogP contribution in [0.25, 0.3) is 0 Å². The highest BCUT2D eigenvalue weighted by atomic mass is 16.5. The molecule has 0 amide bonds. The van der Waals surface area contributed by atoms with Crippen LogP contribution in [0.3, 0.4) is 0 Å². The van der Waals surface area contributed by atoms with Gasteiger partial charge in [-0.25, -0.2) is 4.79 Å². The zero-order valence-electron chi connectivity index (χ0n) is 21.1. The highest BCUT2D eigenvalue weighted by Gasteiger charge is 2.55.